The largest absolute Gasteiger partial charge is 0.460 e. The molecule has 188 valence electrons. The summed E-state index contributed by atoms with van der Waals surface area (Å²) in [5.74, 6) is -42.1. The minimum atomic E-state index is -8.08. The van der Waals surface area contributed by atoms with Crippen LogP contribution in [0.3, 0.4) is 0 Å². The van der Waals surface area contributed by atoms with E-state index in [1.807, 2.05) is 0 Å². The first-order chi connectivity index (χ1) is 14.6. The van der Waals surface area contributed by atoms with Crippen molar-refractivity contribution in [3.05, 3.63) is 29.8 Å². The second-order valence-corrected chi connectivity index (χ2v) is 6.55. The molecule has 0 aliphatic rings. The summed E-state index contributed by atoms with van der Waals surface area (Å²) in [6.07, 6.45) is -7.00. The fourth-order valence-electron chi connectivity index (χ4n) is 2.01. The summed E-state index contributed by atoms with van der Waals surface area (Å²) in [6, 6.07) is 5.36. The van der Waals surface area contributed by atoms with Crippen molar-refractivity contribution in [2.24, 2.45) is 5.10 Å². The highest BCUT2D eigenvalue weighted by molar-refractivity contribution is 5.87. The van der Waals surface area contributed by atoms with Crippen LogP contribution in [0.2, 0.25) is 0 Å². The number of anilines is 1. The minimum Gasteiger partial charge on any atom is -0.378 e. The molecule has 0 fully saturated rings. The molecule has 0 atom stereocenters. The second kappa shape index (κ2) is 8.55. The van der Waals surface area contributed by atoms with Crippen molar-refractivity contribution >= 4 is 17.8 Å². The van der Waals surface area contributed by atoms with Crippen molar-refractivity contribution < 1.29 is 61.9 Å². The molecule has 1 N–H and O–H groups in total. The quantitative estimate of drug-likeness (QED) is 0.307. The molecule has 0 aliphatic carbocycles. The molecular formula is C16H12F13N3O. The van der Waals surface area contributed by atoms with Gasteiger partial charge >= 0.3 is 41.7 Å². The number of hydrazone groups is 1. The topological polar surface area (TPSA) is 44.7 Å². The van der Waals surface area contributed by atoms with Crippen LogP contribution in [0.1, 0.15) is 5.56 Å². The zero-order chi connectivity index (χ0) is 26.3. The SMILES string of the molecule is CN(C)c1ccc(/C=N/NC(=O)C(F)(F)C(F)(F)C(F)(F)C(F)(F)C(F)(F)C(F)(F)F)cc1. The third kappa shape index (κ3) is 4.66. The van der Waals surface area contributed by atoms with Gasteiger partial charge in [0.25, 0.3) is 0 Å². The maximum absolute atomic E-state index is 13.6. The van der Waals surface area contributed by atoms with E-state index in [1.165, 1.54) is 24.3 Å². The number of hydrogen-bond donors (Lipinski definition) is 1. The van der Waals surface area contributed by atoms with Gasteiger partial charge in [-0.2, -0.15) is 62.2 Å². The predicted octanol–water partition coefficient (Wildman–Crippen LogP) is 4.94. The molecule has 17 heteroatoms. The lowest BCUT2D eigenvalue weighted by Gasteiger charge is -2.38. The zero-order valence-corrected chi connectivity index (χ0v) is 16.1. The molecule has 1 amide bonds. The van der Waals surface area contributed by atoms with Gasteiger partial charge in [0, 0.05) is 19.8 Å². The number of benzene rings is 1. The molecule has 1 aromatic carbocycles. The number of amides is 1. The van der Waals surface area contributed by atoms with Crippen LogP contribution >= 0.6 is 0 Å². The summed E-state index contributed by atoms with van der Waals surface area (Å²) in [7, 11) is 3.27. The Hall–Kier alpha value is -2.75. The van der Waals surface area contributed by atoms with E-state index in [1.54, 1.807) is 19.0 Å². The molecule has 0 saturated carbocycles. The van der Waals surface area contributed by atoms with Crippen molar-refractivity contribution in [3.63, 3.8) is 0 Å². The third-order valence-corrected chi connectivity index (χ3v) is 4.01. The van der Waals surface area contributed by atoms with Crippen molar-refractivity contribution in [1.29, 1.82) is 0 Å². The van der Waals surface area contributed by atoms with Crippen LogP contribution in [0.25, 0.3) is 0 Å². The van der Waals surface area contributed by atoms with E-state index in [9.17, 15) is 61.9 Å². The third-order valence-electron chi connectivity index (χ3n) is 4.01. The van der Waals surface area contributed by atoms with Gasteiger partial charge in [0.2, 0.25) is 0 Å². The Morgan fingerprint density at radius 3 is 1.58 bits per heavy atom. The molecule has 0 heterocycles. The molecule has 0 bridgehead atoms. The van der Waals surface area contributed by atoms with Gasteiger partial charge in [-0.3, -0.25) is 4.79 Å². The second-order valence-electron chi connectivity index (χ2n) is 6.55. The monoisotopic (exact) mass is 509 g/mol. The fourth-order valence-corrected chi connectivity index (χ4v) is 2.01. The lowest BCUT2D eigenvalue weighted by molar-refractivity contribution is -0.436. The molecule has 4 nitrogen and oxygen atoms in total. The van der Waals surface area contributed by atoms with Crippen LogP contribution in [0.5, 0.6) is 0 Å². The fraction of sp³-hybridized carbons (Fsp3) is 0.500. The molecule has 0 saturated heterocycles. The van der Waals surface area contributed by atoms with Gasteiger partial charge in [-0.05, 0) is 17.7 Å². The van der Waals surface area contributed by atoms with E-state index in [-0.39, 0.29) is 5.56 Å². The van der Waals surface area contributed by atoms with E-state index in [0.717, 1.165) is 0 Å². The normalized spacial score (nSPS) is 14.5. The molecule has 0 unspecified atom stereocenters. The average molecular weight is 509 g/mol. The summed E-state index contributed by atoms with van der Waals surface area (Å²) >= 11 is 0. The Bertz CT molecular complexity index is 877. The summed E-state index contributed by atoms with van der Waals surface area (Å²) in [6.45, 7) is 0. The minimum absolute atomic E-state index is 0.0256. The Morgan fingerprint density at radius 2 is 1.18 bits per heavy atom. The van der Waals surface area contributed by atoms with Gasteiger partial charge in [-0.1, -0.05) is 12.1 Å². The first-order valence-corrected chi connectivity index (χ1v) is 8.12. The van der Waals surface area contributed by atoms with Gasteiger partial charge < -0.3 is 4.90 Å². The Morgan fingerprint density at radius 1 is 0.758 bits per heavy atom. The number of rotatable bonds is 8. The van der Waals surface area contributed by atoms with Gasteiger partial charge in [0.05, 0.1) is 6.21 Å². The maximum atomic E-state index is 13.6. The van der Waals surface area contributed by atoms with E-state index >= 15 is 0 Å². The van der Waals surface area contributed by atoms with Gasteiger partial charge in [0.1, 0.15) is 0 Å². The van der Waals surface area contributed by atoms with Crippen molar-refractivity contribution in [2.75, 3.05) is 19.0 Å². The van der Waals surface area contributed by atoms with Crippen LogP contribution in [0.4, 0.5) is 62.8 Å². The first kappa shape index (κ1) is 28.3. The van der Waals surface area contributed by atoms with Crippen LogP contribution < -0.4 is 10.3 Å². The standard InChI is InChI=1S/C16H12F13N3O/c1-32(2)9-5-3-8(4-6-9)7-30-31-10(33)11(17,18)12(19,20)13(21,22)14(23,24)15(25,26)16(27,28)29/h3-7H,1-2H3,(H,31,33)/b30-7+. The Kier molecular flexibility index (Phi) is 7.33. The smallest absolute Gasteiger partial charge is 0.378 e. The van der Waals surface area contributed by atoms with Gasteiger partial charge in [-0.25, -0.2) is 5.43 Å². The zero-order valence-electron chi connectivity index (χ0n) is 16.1. The molecular weight excluding hydrogens is 497 g/mol. The molecule has 0 radical (unpaired) electrons. The van der Waals surface area contributed by atoms with E-state index in [0.29, 0.717) is 17.3 Å². The molecule has 0 aliphatic heterocycles. The number of nitrogens with zero attached hydrogens (tertiary/aromatic N) is 2. The Balaban J connectivity index is 3.18. The van der Waals surface area contributed by atoms with Crippen molar-refractivity contribution in [1.82, 2.24) is 5.43 Å². The number of nitrogens with one attached hydrogen (secondary N) is 1. The van der Waals surface area contributed by atoms with Crippen LogP contribution in [-0.2, 0) is 4.79 Å². The Labute approximate surface area is 176 Å². The van der Waals surface area contributed by atoms with Gasteiger partial charge in [0.15, 0.2) is 0 Å². The summed E-state index contributed by atoms with van der Waals surface area (Å²) < 4.78 is 169. The number of halogens is 13. The summed E-state index contributed by atoms with van der Waals surface area (Å²) in [5.41, 5.74) is 1.25. The van der Waals surface area contributed by atoms with Crippen LogP contribution in [0.15, 0.2) is 29.4 Å². The highest BCUT2D eigenvalue weighted by Crippen LogP contribution is 2.60. The van der Waals surface area contributed by atoms with Crippen LogP contribution in [-0.4, -0.2) is 62.0 Å². The number of carbonyl (C=O) groups is 1. The highest BCUT2D eigenvalue weighted by atomic mass is 19.4. The number of hydrogen-bond acceptors (Lipinski definition) is 3. The van der Waals surface area contributed by atoms with Crippen LogP contribution in [0, 0.1) is 0 Å². The van der Waals surface area contributed by atoms with E-state index < -0.39 is 41.7 Å². The number of carbonyl (C=O) groups excluding carboxylic acids is 1. The lowest BCUT2D eigenvalue weighted by Crippen LogP contribution is -2.71. The molecule has 1 rings (SSSR count). The molecule has 0 aromatic heterocycles. The predicted molar refractivity (Wildman–Crippen MR) is 87.3 cm³/mol. The number of alkyl halides is 13. The van der Waals surface area contributed by atoms with Crippen molar-refractivity contribution in [3.8, 4) is 0 Å². The van der Waals surface area contributed by atoms with Gasteiger partial charge in [-0.15, -0.1) is 0 Å². The molecule has 1 aromatic rings. The summed E-state index contributed by atoms with van der Waals surface area (Å²) in [4.78, 5) is 12.8. The average Bonchev–Trinajstić information content (AvgIpc) is 2.66. The maximum Gasteiger partial charge on any atom is 0.460 e. The lowest BCUT2D eigenvalue weighted by atomic mass is 9.93. The van der Waals surface area contributed by atoms with E-state index in [2.05, 4.69) is 5.10 Å². The highest BCUT2D eigenvalue weighted by Gasteiger charge is 2.91. The first-order valence-electron chi connectivity index (χ1n) is 8.12. The molecule has 0 spiro atoms. The molecule has 33 heavy (non-hydrogen) atoms. The summed E-state index contributed by atoms with van der Waals surface area (Å²) in [5, 5.41) is 2.72. The van der Waals surface area contributed by atoms with E-state index in [4.69, 9.17) is 0 Å². The van der Waals surface area contributed by atoms with Crippen molar-refractivity contribution in [2.45, 2.75) is 35.8 Å².